The number of carbonyl (C=O) groups excluding carboxylic acids is 1. The molecule has 154 valence electrons. The van der Waals surface area contributed by atoms with Crippen LogP contribution in [0.5, 0.6) is 0 Å². The van der Waals surface area contributed by atoms with Crippen molar-refractivity contribution in [1.82, 2.24) is 20.4 Å². The van der Waals surface area contributed by atoms with Crippen molar-refractivity contribution in [2.24, 2.45) is 0 Å². The summed E-state index contributed by atoms with van der Waals surface area (Å²) in [5.74, 6) is 1.02. The lowest BCUT2D eigenvalue weighted by molar-refractivity contribution is -0.130. The van der Waals surface area contributed by atoms with Crippen molar-refractivity contribution >= 4 is 11.7 Å². The molecule has 0 atom stereocenters. The third-order valence-electron chi connectivity index (χ3n) is 5.34. The highest BCUT2D eigenvalue weighted by Crippen LogP contribution is 2.19. The molecule has 1 aliphatic heterocycles. The van der Waals surface area contributed by atoms with Crippen molar-refractivity contribution in [2.75, 3.05) is 37.6 Å². The number of carbonyl (C=O) groups is 1. The van der Waals surface area contributed by atoms with E-state index in [2.05, 4.69) is 32.5 Å². The van der Waals surface area contributed by atoms with Gasteiger partial charge in [-0.3, -0.25) is 4.79 Å². The fourth-order valence-electron chi connectivity index (χ4n) is 3.67. The molecule has 1 N–H and O–H groups in total. The Labute approximate surface area is 177 Å². The number of aromatic nitrogens is 2. The highest BCUT2D eigenvalue weighted by Gasteiger charge is 2.20. The molecule has 1 aliphatic rings. The molecule has 1 aromatic heterocycles. The number of hydrogen-bond donors (Lipinski definition) is 1. The van der Waals surface area contributed by atoms with Crippen LogP contribution in [0.3, 0.4) is 0 Å². The van der Waals surface area contributed by atoms with Crippen LogP contribution in [-0.2, 0) is 11.3 Å². The Hall–Kier alpha value is -3.25. The van der Waals surface area contributed by atoms with Gasteiger partial charge in [-0.25, -0.2) is 0 Å². The average molecular weight is 402 g/mol. The van der Waals surface area contributed by atoms with Crippen LogP contribution in [-0.4, -0.2) is 53.7 Å². The van der Waals surface area contributed by atoms with Crippen LogP contribution in [0.25, 0.3) is 11.3 Å². The lowest BCUT2D eigenvalue weighted by Gasteiger charge is -2.22. The molecule has 6 heteroatoms. The van der Waals surface area contributed by atoms with E-state index in [1.165, 1.54) is 5.56 Å². The SMILES string of the molecule is O=C(CNCc1ccccc1)N1CCCN(c2ccc(-c3ccccc3)nn2)CC1. The maximum absolute atomic E-state index is 12.6. The summed E-state index contributed by atoms with van der Waals surface area (Å²) in [5.41, 5.74) is 3.12. The van der Waals surface area contributed by atoms with Crippen LogP contribution in [0.15, 0.2) is 72.8 Å². The molecule has 0 unspecified atom stereocenters. The molecule has 2 heterocycles. The predicted octanol–water partition coefficient (Wildman–Crippen LogP) is 2.97. The van der Waals surface area contributed by atoms with Crippen LogP contribution in [0.1, 0.15) is 12.0 Å². The van der Waals surface area contributed by atoms with Crippen molar-refractivity contribution in [3.05, 3.63) is 78.4 Å². The summed E-state index contributed by atoms with van der Waals surface area (Å²) in [6.07, 6.45) is 0.923. The first-order chi connectivity index (χ1) is 14.8. The fourth-order valence-corrected chi connectivity index (χ4v) is 3.67. The fraction of sp³-hybridized carbons (Fsp3) is 0.292. The molecule has 1 amide bonds. The Kier molecular flexibility index (Phi) is 6.67. The van der Waals surface area contributed by atoms with Gasteiger partial charge in [0.2, 0.25) is 5.91 Å². The van der Waals surface area contributed by atoms with Crippen molar-refractivity contribution in [2.45, 2.75) is 13.0 Å². The van der Waals surface area contributed by atoms with E-state index in [1.807, 2.05) is 65.6 Å². The smallest absolute Gasteiger partial charge is 0.236 e. The van der Waals surface area contributed by atoms with Gasteiger partial charge in [-0.05, 0) is 24.1 Å². The summed E-state index contributed by atoms with van der Waals surface area (Å²) in [7, 11) is 0. The molecule has 0 saturated carbocycles. The minimum Gasteiger partial charge on any atom is -0.353 e. The summed E-state index contributed by atoms with van der Waals surface area (Å²) in [6, 6.07) is 24.2. The van der Waals surface area contributed by atoms with E-state index in [4.69, 9.17) is 0 Å². The number of benzene rings is 2. The second-order valence-electron chi connectivity index (χ2n) is 7.45. The van der Waals surface area contributed by atoms with Gasteiger partial charge in [-0.15, -0.1) is 10.2 Å². The first kappa shape index (κ1) is 20.0. The Morgan fingerprint density at radius 2 is 1.60 bits per heavy atom. The van der Waals surface area contributed by atoms with Crippen LogP contribution in [0.2, 0.25) is 0 Å². The molecule has 0 radical (unpaired) electrons. The number of rotatable bonds is 6. The van der Waals surface area contributed by atoms with Crippen molar-refractivity contribution in [3.8, 4) is 11.3 Å². The maximum Gasteiger partial charge on any atom is 0.236 e. The monoisotopic (exact) mass is 401 g/mol. The lowest BCUT2D eigenvalue weighted by Crippen LogP contribution is -2.40. The van der Waals surface area contributed by atoms with Crippen molar-refractivity contribution < 1.29 is 4.79 Å². The molecule has 4 rings (SSSR count). The van der Waals surface area contributed by atoms with Crippen molar-refractivity contribution in [1.29, 1.82) is 0 Å². The van der Waals surface area contributed by atoms with E-state index in [0.717, 1.165) is 43.1 Å². The van der Waals surface area contributed by atoms with E-state index in [-0.39, 0.29) is 5.91 Å². The highest BCUT2D eigenvalue weighted by atomic mass is 16.2. The second-order valence-corrected chi connectivity index (χ2v) is 7.45. The summed E-state index contributed by atoms with van der Waals surface area (Å²) in [4.78, 5) is 16.8. The van der Waals surface area contributed by atoms with E-state index >= 15 is 0 Å². The molecule has 0 bridgehead atoms. The summed E-state index contributed by atoms with van der Waals surface area (Å²) in [5, 5.41) is 12.1. The van der Waals surface area contributed by atoms with Gasteiger partial charge in [0, 0.05) is 38.3 Å². The van der Waals surface area contributed by atoms with Gasteiger partial charge < -0.3 is 15.1 Å². The third-order valence-corrected chi connectivity index (χ3v) is 5.34. The summed E-state index contributed by atoms with van der Waals surface area (Å²) < 4.78 is 0. The highest BCUT2D eigenvalue weighted by molar-refractivity contribution is 5.78. The van der Waals surface area contributed by atoms with Gasteiger partial charge in [0.25, 0.3) is 0 Å². The van der Waals surface area contributed by atoms with Gasteiger partial charge in [-0.1, -0.05) is 60.7 Å². The van der Waals surface area contributed by atoms with E-state index in [9.17, 15) is 4.79 Å². The molecule has 3 aromatic rings. The molecular formula is C24H27N5O. The molecule has 30 heavy (non-hydrogen) atoms. The topological polar surface area (TPSA) is 61.4 Å². The lowest BCUT2D eigenvalue weighted by atomic mass is 10.1. The first-order valence-corrected chi connectivity index (χ1v) is 10.5. The van der Waals surface area contributed by atoms with Crippen LogP contribution in [0, 0.1) is 0 Å². The molecule has 0 aliphatic carbocycles. The number of amides is 1. The van der Waals surface area contributed by atoms with E-state index in [1.54, 1.807) is 0 Å². The zero-order chi connectivity index (χ0) is 20.6. The molecular weight excluding hydrogens is 374 g/mol. The molecule has 2 aromatic carbocycles. The third kappa shape index (κ3) is 5.21. The normalized spacial score (nSPS) is 14.4. The van der Waals surface area contributed by atoms with E-state index in [0.29, 0.717) is 19.6 Å². The van der Waals surface area contributed by atoms with Gasteiger partial charge in [0.15, 0.2) is 5.82 Å². The van der Waals surface area contributed by atoms with E-state index < -0.39 is 0 Å². The predicted molar refractivity (Wildman–Crippen MR) is 119 cm³/mol. The van der Waals surface area contributed by atoms with Crippen LogP contribution < -0.4 is 10.2 Å². The number of nitrogens with one attached hydrogen (secondary N) is 1. The zero-order valence-electron chi connectivity index (χ0n) is 17.1. The average Bonchev–Trinajstić information content (AvgIpc) is 3.07. The largest absolute Gasteiger partial charge is 0.353 e. The number of hydrogen-bond acceptors (Lipinski definition) is 5. The number of nitrogens with zero attached hydrogens (tertiary/aromatic N) is 4. The standard InChI is InChI=1S/C24H27N5O/c30-24(19-25-18-20-8-3-1-4-9-20)29-15-7-14-28(16-17-29)23-13-12-22(26-27-23)21-10-5-2-6-11-21/h1-6,8-13,25H,7,14-19H2. The van der Waals surface area contributed by atoms with Gasteiger partial charge in [0.05, 0.1) is 12.2 Å². The Morgan fingerprint density at radius 3 is 2.33 bits per heavy atom. The van der Waals surface area contributed by atoms with Crippen LogP contribution >= 0.6 is 0 Å². The second kappa shape index (κ2) is 9.98. The maximum atomic E-state index is 12.6. The van der Waals surface area contributed by atoms with Crippen molar-refractivity contribution in [3.63, 3.8) is 0 Å². The zero-order valence-corrected chi connectivity index (χ0v) is 17.1. The molecule has 6 nitrogen and oxygen atoms in total. The molecule has 1 saturated heterocycles. The van der Waals surface area contributed by atoms with Gasteiger partial charge in [0.1, 0.15) is 0 Å². The van der Waals surface area contributed by atoms with Gasteiger partial charge >= 0.3 is 0 Å². The first-order valence-electron chi connectivity index (χ1n) is 10.5. The van der Waals surface area contributed by atoms with Gasteiger partial charge in [-0.2, -0.15) is 0 Å². The molecule has 0 spiro atoms. The summed E-state index contributed by atoms with van der Waals surface area (Å²) in [6.45, 7) is 4.19. The van der Waals surface area contributed by atoms with Crippen LogP contribution in [0.4, 0.5) is 5.82 Å². The molecule has 1 fully saturated rings. The quantitative estimate of drug-likeness (QED) is 0.688. The Bertz CT molecular complexity index is 931. The Morgan fingerprint density at radius 1 is 0.833 bits per heavy atom. The summed E-state index contributed by atoms with van der Waals surface area (Å²) >= 11 is 0. The Balaban J connectivity index is 1.28. The number of anilines is 1. The minimum atomic E-state index is 0.151. The minimum absolute atomic E-state index is 0.151.